The van der Waals surface area contributed by atoms with Gasteiger partial charge in [-0.25, -0.2) is 4.79 Å². The number of thiol groups is 1. The first-order chi connectivity index (χ1) is 9.01. The Bertz CT molecular complexity index is 395. The standard InChI is InChI=1S/C14H20BrNO2S/c1-3-4-11-5-7-12(8-6-11)18-14(17)16-13(19)9-10(2)15/h5-8,10,13,19H,3-4,9H2,1-2H3,(H,16,17). The monoisotopic (exact) mass is 345 g/mol. The summed E-state index contributed by atoms with van der Waals surface area (Å²) in [5.74, 6) is 0.546. The minimum Gasteiger partial charge on any atom is -0.410 e. The largest absolute Gasteiger partial charge is 0.413 e. The van der Waals surface area contributed by atoms with Gasteiger partial charge in [-0.3, -0.25) is 0 Å². The summed E-state index contributed by atoms with van der Waals surface area (Å²) in [6.45, 7) is 4.14. The first-order valence-corrected chi connectivity index (χ1v) is 7.84. The average Bonchev–Trinajstić information content (AvgIpc) is 2.30. The van der Waals surface area contributed by atoms with E-state index in [0.29, 0.717) is 10.6 Å². The molecule has 0 aliphatic heterocycles. The maximum absolute atomic E-state index is 11.6. The van der Waals surface area contributed by atoms with Gasteiger partial charge in [0.25, 0.3) is 0 Å². The fraction of sp³-hybridized carbons (Fsp3) is 0.500. The maximum atomic E-state index is 11.6. The van der Waals surface area contributed by atoms with Gasteiger partial charge in [-0.15, -0.1) is 0 Å². The van der Waals surface area contributed by atoms with E-state index >= 15 is 0 Å². The van der Waals surface area contributed by atoms with E-state index in [1.54, 1.807) is 0 Å². The fourth-order valence-electron chi connectivity index (χ4n) is 1.65. The smallest absolute Gasteiger partial charge is 0.410 e. The van der Waals surface area contributed by atoms with E-state index in [9.17, 15) is 4.79 Å². The van der Waals surface area contributed by atoms with Gasteiger partial charge in [0, 0.05) is 4.83 Å². The van der Waals surface area contributed by atoms with Crippen LogP contribution in [-0.2, 0) is 6.42 Å². The quantitative estimate of drug-likeness (QED) is 0.461. The van der Waals surface area contributed by atoms with Crippen molar-refractivity contribution in [3.05, 3.63) is 29.8 Å². The molecule has 1 amide bonds. The lowest BCUT2D eigenvalue weighted by Crippen LogP contribution is -2.34. The molecule has 1 aromatic rings. The number of benzene rings is 1. The van der Waals surface area contributed by atoms with Crippen molar-refractivity contribution >= 4 is 34.7 Å². The molecule has 0 aliphatic rings. The van der Waals surface area contributed by atoms with Crippen LogP contribution < -0.4 is 10.1 Å². The number of hydrogen-bond donors (Lipinski definition) is 2. The Morgan fingerprint density at radius 3 is 2.58 bits per heavy atom. The molecule has 0 saturated carbocycles. The molecule has 0 spiro atoms. The predicted octanol–water partition coefficient (Wildman–Crippen LogP) is 4.16. The zero-order valence-electron chi connectivity index (χ0n) is 11.2. The zero-order chi connectivity index (χ0) is 14.3. The Balaban J connectivity index is 2.43. The number of carbonyl (C=O) groups is 1. The number of halogens is 1. The van der Waals surface area contributed by atoms with Gasteiger partial charge >= 0.3 is 6.09 Å². The van der Waals surface area contributed by atoms with Crippen LogP contribution in [0, 0.1) is 0 Å². The van der Waals surface area contributed by atoms with Crippen molar-refractivity contribution in [1.82, 2.24) is 5.32 Å². The molecule has 2 atom stereocenters. The molecule has 0 saturated heterocycles. The first-order valence-electron chi connectivity index (χ1n) is 6.40. The van der Waals surface area contributed by atoms with Crippen LogP contribution in [0.3, 0.4) is 0 Å². The third-order valence-electron chi connectivity index (χ3n) is 2.51. The van der Waals surface area contributed by atoms with E-state index in [1.165, 1.54) is 5.56 Å². The van der Waals surface area contributed by atoms with Gasteiger partial charge in [0.2, 0.25) is 0 Å². The van der Waals surface area contributed by atoms with Gasteiger partial charge in [-0.1, -0.05) is 48.3 Å². The van der Waals surface area contributed by atoms with Crippen LogP contribution in [0.5, 0.6) is 5.75 Å². The van der Waals surface area contributed by atoms with Gasteiger partial charge < -0.3 is 10.1 Å². The molecule has 106 valence electrons. The van der Waals surface area contributed by atoms with Crippen LogP contribution in [-0.4, -0.2) is 16.3 Å². The van der Waals surface area contributed by atoms with Crippen LogP contribution in [0.15, 0.2) is 24.3 Å². The third kappa shape index (κ3) is 6.87. The summed E-state index contributed by atoms with van der Waals surface area (Å²) in [5.41, 5.74) is 1.25. The topological polar surface area (TPSA) is 38.3 Å². The molecule has 0 aliphatic carbocycles. The second kappa shape index (κ2) is 8.48. The van der Waals surface area contributed by atoms with Crippen molar-refractivity contribution in [2.75, 3.05) is 0 Å². The summed E-state index contributed by atoms with van der Waals surface area (Å²) in [6, 6.07) is 7.58. The van der Waals surface area contributed by atoms with E-state index in [-0.39, 0.29) is 5.37 Å². The predicted molar refractivity (Wildman–Crippen MR) is 85.4 cm³/mol. The highest BCUT2D eigenvalue weighted by Gasteiger charge is 2.11. The average molecular weight is 346 g/mol. The highest BCUT2D eigenvalue weighted by atomic mass is 79.9. The van der Waals surface area contributed by atoms with E-state index in [0.717, 1.165) is 19.3 Å². The minimum absolute atomic E-state index is 0.221. The molecule has 0 radical (unpaired) electrons. The number of aryl methyl sites for hydroxylation is 1. The second-order valence-electron chi connectivity index (χ2n) is 4.46. The van der Waals surface area contributed by atoms with Crippen LogP contribution in [0.1, 0.15) is 32.3 Å². The van der Waals surface area contributed by atoms with Crippen LogP contribution in [0.4, 0.5) is 4.79 Å². The second-order valence-corrected chi connectivity index (χ2v) is 6.65. The summed E-state index contributed by atoms with van der Waals surface area (Å²) < 4.78 is 5.19. The van der Waals surface area contributed by atoms with Crippen molar-refractivity contribution < 1.29 is 9.53 Å². The molecule has 0 fully saturated rings. The number of carbonyl (C=O) groups excluding carboxylic acids is 1. The van der Waals surface area contributed by atoms with E-state index in [1.807, 2.05) is 31.2 Å². The molecule has 0 aromatic heterocycles. The lowest BCUT2D eigenvalue weighted by Gasteiger charge is -2.14. The van der Waals surface area contributed by atoms with Gasteiger partial charge in [0.05, 0.1) is 5.37 Å². The molecule has 3 nitrogen and oxygen atoms in total. The first kappa shape index (κ1) is 16.4. The van der Waals surface area contributed by atoms with Crippen molar-refractivity contribution in [1.29, 1.82) is 0 Å². The molecule has 0 heterocycles. The summed E-state index contributed by atoms with van der Waals surface area (Å²) in [7, 11) is 0. The minimum atomic E-state index is -0.476. The van der Waals surface area contributed by atoms with Crippen molar-refractivity contribution in [3.8, 4) is 5.75 Å². The Morgan fingerprint density at radius 2 is 2.05 bits per heavy atom. The van der Waals surface area contributed by atoms with Gasteiger partial charge in [0.15, 0.2) is 0 Å². The number of rotatable bonds is 6. The van der Waals surface area contributed by atoms with E-state index < -0.39 is 6.09 Å². The summed E-state index contributed by atoms with van der Waals surface area (Å²) >= 11 is 7.69. The van der Waals surface area contributed by atoms with Gasteiger partial charge in [-0.2, -0.15) is 12.6 Å². The number of hydrogen-bond acceptors (Lipinski definition) is 3. The number of nitrogens with one attached hydrogen (secondary N) is 1. The van der Waals surface area contributed by atoms with E-state index in [4.69, 9.17) is 4.74 Å². The van der Waals surface area contributed by atoms with Crippen LogP contribution in [0.2, 0.25) is 0 Å². The molecular weight excluding hydrogens is 326 g/mol. The lowest BCUT2D eigenvalue weighted by molar-refractivity contribution is 0.199. The maximum Gasteiger partial charge on any atom is 0.413 e. The molecule has 0 bridgehead atoms. The van der Waals surface area contributed by atoms with Crippen molar-refractivity contribution in [3.63, 3.8) is 0 Å². The molecule has 1 rings (SSSR count). The number of amides is 1. The number of alkyl halides is 1. The van der Waals surface area contributed by atoms with Gasteiger partial charge in [0.1, 0.15) is 5.75 Å². The van der Waals surface area contributed by atoms with E-state index in [2.05, 4.69) is 40.8 Å². The Hall–Kier alpha value is -0.680. The normalized spacial score (nSPS) is 13.7. The number of ether oxygens (including phenoxy) is 1. The zero-order valence-corrected chi connectivity index (χ0v) is 13.7. The summed E-state index contributed by atoms with van der Waals surface area (Å²) in [5, 5.41) is 2.45. The molecule has 19 heavy (non-hydrogen) atoms. The SMILES string of the molecule is CCCc1ccc(OC(=O)NC(S)CC(C)Br)cc1. The Morgan fingerprint density at radius 1 is 1.42 bits per heavy atom. The highest BCUT2D eigenvalue weighted by molar-refractivity contribution is 9.09. The molecule has 1 N–H and O–H groups in total. The molecule has 1 aromatic carbocycles. The Kier molecular flexibility index (Phi) is 7.31. The fourth-order valence-corrected chi connectivity index (χ4v) is 2.74. The molecule has 2 unspecified atom stereocenters. The lowest BCUT2D eigenvalue weighted by atomic mass is 10.1. The highest BCUT2D eigenvalue weighted by Crippen LogP contribution is 2.14. The summed E-state index contributed by atoms with van der Waals surface area (Å²) in [4.78, 5) is 11.9. The molecular formula is C14H20BrNO2S. The third-order valence-corrected chi connectivity index (χ3v) is 3.22. The van der Waals surface area contributed by atoms with Crippen molar-refractivity contribution in [2.45, 2.75) is 43.3 Å². The summed E-state index contributed by atoms with van der Waals surface area (Å²) in [6.07, 6.45) is 2.39. The Labute approximate surface area is 128 Å². The van der Waals surface area contributed by atoms with Crippen molar-refractivity contribution in [2.24, 2.45) is 0 Å². The van der Waals surface area contributed by atoms with Crippen LogP contribution in [0.25, 0.3) is 0 Å². The molecule has 5 heteroatoms. The van der Waals surface area contributed by atoms with Gasteiger partial charge in [-0.05, 0) is 30.5 Å². The van der Waals surface area contributed by atoms with Crippen LogP contribution >= 0.6 is 28.6 Å².